The van der Waals surface area contributed by atoms with E-state index in [1.54, 1.807) is 11.0 Å². The molecular weight excluding hydrogens is 506 g/mol. The summed E-state index contributed by atoms with van der Waals surface area (Å²) in [5.41, 5.74) is 0.353. The number of nitrogens with zero attached hydrogens (tertiary/aromatic N) is 7. The fourth-order valence-electron chi connectivity index (χ4n) is 5.07. The lowest BCUT2D eigenvalue weighted by Gasteiger charge is -2.33. The molecule has 4 aromatic rings. The number of nitrogens with one attached hydrogen (secondary N) is 1. The molecular formula is C24H19ClF2N8O2. The summed E-state index contributed by atoms with van der Waals surface area (Å²) < 4.78 is 46.3. The third-order valence-corrected chi connectivity index (χ3v) is 6.98. The van der Waals surface area contributed by atoms with Crippen molar-refractivity contribution in [1.82, 2.24) is 40.1 Å². The second-order valence-electron chi connectivity index (χ2n) is 8.68. The molecule has 2 N–H and O–H groups in total. The Balaban J connectivity index is 1.32. The lowest BCUT2D eigenvalue weighted by molar-refractivity contribution is -0.129. The van der Waals surface area contributed by atoms with Crippen LogP contribution in [0.3, 0.4) is 0 Å². The number of imidazole rings is 1. The van der Waals surface area contributed by atoms with Crippen LogP contribution < -0.4 is 0 Å². The first kappa shape index (κ1) is 21.1. The van der Waals surface area contributed by atoms with Gasteiger partial charge in [-0.3, -0.25) is 9.78 Å². The minimum atomic E-state index is -2.96. The van der Waals surface area contributed by atoms with Crippen LogP contribution in [0.15, 0.2) is 43.0 Å². The van der Waals surface area contributed by atoms with Gasteiger partial charge in [-0.2, -0.15) is 4.68 Å². The summed E-state index contributed by atoms with van der Waals surface area (Å²) in [7, 11) is 0. The molecule has 2 aliphatic rings. The predicted molar refractivity (Wildman–Crippen MR) is 127 cm³/mol. The summed E-state index contributed by atoms with van der Waals surface area (Å²) >= 11 is 6.08. The Kier molecular flexibility index (Phi) is 5.20. The molecule has 0 saturated carbocycles. The summed E-state index contributed by atoms with van der Waals surface area (Å²) in [5.74, 6) is -1.62. The van der Waals surface area contributed by atoms with Crippen molar-refractivity contribution >= 4 is 23.1 Å². The van der Waals surface area contributed by atoms with Crippen molar-refractivity contribution in [2.75, 3.05) is 0 Å². The van der Waals surface area contributed by atoms with E-state index in [1.807, 2.05) is 0 Å². The number of rotatable bonds is 5. The van der Waals surface area contributed by atoms with Crippen molar-refractivity contribution in [1.29, 1.82) is 0 Å². The molecule has 2 aliphatic heterocycles. The van der Waals surface area contributed by atoms with Gasteiger partial charge in [0.05, 0.1) is 31.7 Å². The first-order chi connectivity index (χ1) is 18.6. The largest absolute Gasteiger partial charge is 0.390 e. The van der Waals surface area contributed by atoms with E-state index in [9.17, 15) is 14.3 Å². The molecule has 1 saturated heterocycles. The zero-order chi connectivity index (χ0) is 27.5. The number of carbonyl (C=O) groups is 1. The molecule has 0 bridgehead atoms. The number of carbonyl (C=O) groups excluding carboxylic acids is 1. The van der Waals surface area contributed by atoms with E-state index >= 15 is 4.39 Å². The van der Waals surface area contributed by atoms with Crippen LogP contribution in [-0.2, 0) is 11.4 Å². The average molecular weight is 527 g/mol. The van der Waals surface area contributed by atoms with Gasteiger partial charge in [-0.15, -0.1) is 5.10 Å². The maximum atomic E-state index is 15.3. The summed E-state index contributed by atoms with van der Waals surface area (Å²) in [6, 6.07) is 3.62. The van der Waals surface area contributed by atoms with Crippen LogP contribution >= 0.6 is 11.6 Å². The smallest absolute Gasteiger partial charge is 0.247 e. The third-order valence-electron chi connectivity index (χ3n) is 6.68. The van der Waals surface area contributed by atoms with Gasteiger partial charge < -0.3 is 15.0 Å². The highest BCUT2D eigenvalue weighted by Crippen LogP contribution is 2.44. The van der Waals surface area contributed by atoms with Gasteiger partial charge in [0.15, 0.2) is 11.6 Å². The van der Waals surface area contributed by atoms with E-state index in [1.165, 1.54) is 41.6 Å². The zero-order valence-electron chi connectivity index (χ0n) is 20.9. The van der Waals surface area contributed by atoms with Crippen molar-refractivity contribution in [3.8, 4) is 16.9 Å². The minimum Gasteiger partial charge on any atom is -0.390 e. The average Bonchev–Trinajstić information content (AvgIpc) is 3.66. The van der Waals surface area contributed by atoms with Crippen molar-refractivity contribution < 1.29 is 21.4 Å². The number of amides is 1. The van der Waals surface area contributed by atoms with E-state index in [4.69, 9.17) is 14.3 Å². The second kappa shape index (κ2) is 9.12. The van der Waals surface area contributed by atoms with Crippen LogP contribution in [0, 0.1) is 11.6 Å². The third kappa shape index (κ3) is 3.89. The quantitative estimate of drug-likeness (QED) is 0.408. The lowest BCUT2D eigenvalue weighted by Crippen LogP contribution is -2.39. The fraction of sp³-hybridized carbons (Fsp3) is 0.250. The molecule has 0 spiro atoms. The highest BCUT2D eigenvalue weighted by Gasteiger charge is 2.42. The maximum absolute atomic E-state index is 15.3. The molecule has 5 heterocycles. The number of hydrogen-bond acceptors (Lipinski definition) is 7. The molecule has 37 heavy (non-hydrogen) atoms. The number of aromatic nitrogens is 7. The van der Waals surface area contributed by atoms with Gasteiger partial charge >= 0.3 is 0 Å². The van der Waals surface area contributed by atoms with E-state index in [-0.39, 0.29) is 33.8 Å². The molecule has 1 fully saturated rings. The fourth-order valence-corrected chi connectivity index (χ4v) is 5.23. The number of H-pyrrole nitrogens is 1. The van der Waals surface area contributed by atoms with Gasteiger partial charge in [0.25, 0.3) is 0 Å². The maximum Gasteiger partial charge on any atom is 0.247 e. The lowest BCUT2D eigenvalue weighted by atomic mass is 9.92. The SMILES string of the molecule is [2H]C([2H])(O)c1nccc(-c2c[nH]c([C@@H]3CC[C@@H]4CC(c5c(-n6cnnn6)ccc(Cl)c5F)=CC(=O)N43)n2)c1F. The summed E-state index contributed by atoms with van der Waals surface area (Å²) in [6.45, 7) is -2.96. The Labute approximate surface area is 216 Å². The number of halogens is 3. The van der Waals surface area contributed by atoms with E-state index < -0.39 is 29.9 Å². The number of aromatic amines is 1. The highest BCUT2D eigenvalue weighted by molar-refractivity contribution is 6.31. The van der Waals surface area contributed by atoms with Gasteiger partial charge in [-0.1, -0.05) is 11.6 Å². The van der Waals surface area contributed by atoms with Gasteiger partial charge in [-0.25, -0.2) is 13.8 Å². The van der Waals surface area contributed by atoms with Gasteiger partial charge in [0.1, 0.15) is 17.8 Å². The molecule has 0 unspecified atom stereocenters. The number of fused-ring (bicyclic) bond motifs is 1. The summed E-state index contributed by atoms with van der Waals surface area (Å²) in [5, 5.41) is 20.6. The van der Waals surface area contributed by atoms with Crippen LogP contribution in [0.5, 0.6) is 0 Å². The number of hydrogen-bond donors (Lipinski definition) is 2. The van der Waals surface area contributed by atoms with Crippen molar-refractivity contribution in [3.05, 3.63) is 76.7 Å². The van der Waals surface area contributed by atoms with Gasteiger partial charge in [-0.05, 0) is 53.5 Å². The number of tetrazole rings is 1. The molecule has 13 heteroatoms. The summed E-state index contributed by atoms with van der Waals surface area (Å²) in [4.78, 5) is 26.1. The molecule has 188 valence electrons. The van der Waals surface area contributed by atoms with Crippen LogP contribution in [0.1, 0.15) is 45.1 Å². The standard InChI is InChI=1S/C24H19ClF2N8O2/c25-15-2-4-18(34-11-30-32-33-34)21(23(15)27)12-7-13-1-3-19(35(13)20(37)8-12)24-29-9-16(31-24)14-5-6-28-17(10-36)22(14)26/h2,4-6,8-9,11,13,19,36H,1,3,7,10H2,(H,29,31)/t13-,19+/m1/s1/i10D2. The molecule has 3 aromatic heterocycles. The number of benzene rings is 1. The molecule has 1 amide bonds. The summed E-state index contributed by atoms with van der Waals surface area (Å²) in [6.07, 6.45) is 6.87. The monoisotopic (exact) mass is 526 g/mol. The first-order valence-corrected chi connectivity index (χ1v) is 11.7. The normalized spacial score (nSPS) is 20.5. The second-order valence-corrected chi connectivity index (χ2v) is 9.09. The van der Waals surface area contributed by atoms with Crippen LogP contribution in [0.25, 0.3) is 22.5 Å². The van der Waals surface area contributed by atoms with Crippen molar-refractivity contribution in [3.63, 3.8) is 0 Å². The Morgan fingerprint density at radius 3 is 2.89 bits per heavy atom. The molecule has 1 aromatic carbocycles. The molecule has 2 atom stereocenters. The Morgan fingerprint density at radius 1 is 1.24 bits per heavy atom. The van der Waals surface area contributed by atoms with E-state index in [0.717, 1.165) is 0 Å². The number of aliphatic hydroxyl groups is 1. The van der Waals surface area contributed by atoms with Gasteiger partial charge in [0.2, 0.25) is 5.91 Å². The molecule has 0 radical (unpaired) electrons. The van der Waals surface area contributed by atoms with Crippen LogP contribution in [0.2, 0.25) is 5.02 Å². The highest BCUT2D eigenvalue weighted by atomic mass is 35.5. The molecule has 10 nitrogen and oxygen atoms in total. The zero-order valence-corrected chi connectivity index (χ0v) is 19.7. The van der Waals surface area contributed by atoms with Crippen LogP contribution in [-0.4, -0.2) is 57.1 Å². The molecule has 0 aliphatic carbocycles. The van der Waals surface area contributed by atoms with Crippen molar-refractivity contribution in [2.45, 2.75) is 37.9 Å². The number of pyridine rings is 1. The van der Waals surface area contributed by atoms with E-state index in [2.05, 4.69) is 30.5 Å². The van der Waals surface area contributed by atoms with Crippen LogP contribution in [0.4, 0.5) is 8.78 Å². The van der Waals surface area contributed by atoms with E-state index in [0.29, 0.717) is 36.3 Å². The predicted octanol–water partition coefficient (Wildman–Crippen LogP) is 3.39. The Hall–Kier alpha value is -4.03. The Morgan fingerprint density at radius 2 is 2.11 bits per heavy atom. The molecule has 6 rings (SSSR count). The Bertz CT molecular complexity index is 1620. The van der Waals surface area contributed by atoms with Crippen molar-refractivity contribution in [2.24, 2.45) is 0 Å². The minimum absolute atomic E-state index is 0.0475. The topological polar surface area (TPSA) is 126 Å². The first-order valence-electron chi connectivity index (χ1n) is 12.3. The van der Waals surface area contributed by atoms with Gasteiger partial charge in [0, 0.05) is 35.6 Å².